The van der Waals surface area contributed by atoms with Crippen LogP contribution >= 0.6 is 23.2 Å². The summed E-state index contributed by atoms with van der Waals surface area (Å²) in [6.45, 7) is 7.86. The van der Waals surface area contributed by atoms with Crippen molar-refractivity contribution in [2.45, 2.75) is 70.2 Å². The van der Waals surface area contributed by atoms with Crippen molar-refractivity contribution in [2.24, 2.45) is 10.9 Å². The Balaban J connectivity index is 1.68. The molecule has 8 nitrogen and oxygen atoms in total. The van der Waals surface area contributed by atoms with Crippen molar-refractivity contribution in [1.82, 2.24) is 10.2 Å². The number of hydrogen-bond acceptors (Lipinski definition) is 5. The number of nitrogens with one attached hydrogen (secondary N) is 1. The van der Waals surface area contributed by atoms with E-state index < -0.39 is 30.2 Å². The average molecular weight is 601 g/mol. The molecule has 0 saturated heterocycles. The molecule has 2 aliphatic rings. The van der Waals surface area contributed by atoms with Gasteiger partial charge in [0.05, 0.1) is 12.6 Å². The van der Waals surface area contributed by atoms with Gasteiger partial charge in [0.1, 0.15) is 11.4 Å². The molecule has 0 radical (unpaired) electrons. The van der Waals surface area contributed by atoms with E-state index in [1.54, 1.807) is 30.3 Å². The van der Waals surface area contributed by atoms with Crippen LogP contribution in [0.1, 0.15) is 79.9 Å². The molecular formula is C31H35Cl2N3O5. The van der Waals surface area contributed by atoms with Gasteiger partial charge in [-0.05, 0) is 80.8 Å². The maximum Gasteiger partial charge on any atom is 0.334 e. The molecule has 2 aromatic rings. The van der Waals surface area contributed by atoms with E-state index in [0.717, 1.165) is 30.4 Å². The third-order valence-electron chi connectivity index (χ3n) is 7.98. The number of nitrogens with zero attached hydrogens (tertiary/aromatic N) is 2. The van der Waals surface area contributed by atoms with Gasteiger partial charge in [-0.15, -0.1) is 0 Å². The largest absolute Gasteiger partial charge is 0.479 e. The van der Waals surface area contributed by atoms with Crippen molar-refractivity contribution in [3.05, 3.63) is 81.4 Å². The van der Waals surface area contributed by atoms with Crippen molar-refractivity contribution in [3.8, 4) is 0 Å². The number of benzene rings is 2. The van der Waals surface area contributed by atoms with Crippen LogP contribution in [0.3, 0.4) is 0 Å². The van der Waals surface area contributed by atoms with E-state index in [-0.39, 0.29) is 11.9 Å². The van der Waals surface area contributed by atoms with Crippen molar-refractivity contribution in [1.29, 1.82) is 0 Å². The van der Waals surface area contributed by atoms with Gasteiger partial charge in [0, 0.05) is 21.2 Å². The van der Waals surface area contributed by atoms with Gasteiger partial charge in [-0.3, -0.25) is 14.6 Å². The molecule has 1 fully saturated rings. The lowest BCUT2D eigenvalue weighted by molar-refractivity contribution is -0.146. The molecule has 0 bridgehead atoms. The summed E-state index contributed by atoms with van der Waals surface area (Å²) in [6, 6.07) is 11.7. The Morgan fingerprint density at radius 1 is 1.15 bits per heavy atom. The molecule has 4 rings (SSSR count). The van der Waals surface area contributed by atoms with Crippen LogP contribution in [0.5, 0.6) is 0 Å². The van der Waals surface area contributed by atoms with Crippen LogP contribution in [0.15, 0.2) is 59.6 Å². The van der Waals surface area contributed by atoms with Crippen LogP contribution < -0.4 is 5.32 Å². The van der Waals surface area contributed by atoms with Gasteiger partial charge in [-0.25, -0.2) is 4.79 Å². The Morgan fingerprint density at radius 3 is 2.29 bits per heavy atom. The number of aliphatic carboxylic acids is 1. The van der Waals surface area contributed by atoms with Crippen LogP contribution in [0.25, 0.3) is 0 Å². The summed E-state index contributed by atoms with van der Waals surface area (Å²) in [4.78, 5) is 44.7. The number of aliphatic hydroxyl groups is 1. The van der Waals surface area contributed by atoms with Gasteiger partial charge in [0.15, 0.2) is 6.10 Å². The fourth-order valence-electron chi connectivity index (χ4n) is 5.80. The van der Waals surface area contributed by atoms with E-state index in [4.69, 9.17) is 33.3 Å². The molecule has 10 heteroatoms. The molecule has 2 atom stereocenters. The van der Waals surface area contributed by atoms with Gasteiger partial charge >= 0.3 is 5.97 Å². The molecule has 0 aromatic heterocycles. The molecule has 1 spiro atoms. The lowest BCUT2D eigenvalue weighted by Gasteiger charge is -2.45. The Labute approximate surface area is 250 Å². The minimum absolute atomic E-state index is 0.181. The van der Waals surface area contributed by atoms with Crippen LogP contribution in [-0.2, 0) is 9.59 Å². The van der Waals surface area contributed by atoms with Crippen molar-refractivity contribution >= 4 is 46.7 Å². The number of halogens is 2. The molecule has 41 heavy (non-hydrogen) atoms. The Kier molecular flexibility index (Phi) is 9.57. The molecule has 1 saturated carbocycles. The molecule has 1 aliphatic carbocycles. The second-order valence-corrected chi connectivity index (χ2v) is 11.8. The zero-order valence-electron chi connectivity index (χ0n) is 23.2. The predicted octanol–water partition coefficient (Wildman–Crippen LogP) is 5.80. The average Bonchev–Trinajstić information content (AvgIpc) is 3.20. The fourth-order valence-corrected chi connectivity index (χ4v) is 6.33. The van der Waals surface area contributed by atoms with Gasteiger partial charge in [0.25, 0.3) is 11.8 Å². The second kappa shape index (κ2) is 12.8. The molecule has 0 unspecified atom stereocenters. The zero-order chi connectivity index (χ0) is 29.9. The molecular weight excluding hydrogens is 565 g/mol. The number of allylic oxidation sites excluding steroid dienone is 1. The zero-order valence-corrected chi connectivity index (χ0v) is 24.7. The number of aliphatic imine (C=N–C) groups is 1. The third-order valence-corrected chi connectivity index (χ3v) is 8.42. The molecule has 218 valence electrons. The minimum atomic E-state index is -1.69. The number of aliphatic hydroxyl groups excluding tert-OH is 1. The molecule has 1 heterocycles. The SMILES string of the molecule is C=C(C)C1CCC2(CC1)N=C(c1cc(Cl)cc(Cl)c1)C(=O)N2[C@H](CCC)c1ccc(C(=O)NC[C@@H](O)C(=O)O)cc1. The fraction of sp³-hybridized carbons (Fsp3) is 0.419. The van der Waals surface area contributed by atoms with Crippen molar-refractivity contribution in [2.75, 3.05) is 6.54 Å². The number of rotatable bonds is 10. The summed E-state index contributed by atoms with van der Waals surface area (Å²) in [5.41, 5.74) is 2.52. The maximum absolute atomic E-state index is 14.2. The third kappa shape index (κ3) is 6.66. The first-order valence-electron chi connectivity index (χ1n) is 13.8. The van der Waals surface area contributed by atoms with Crippen LogP contribution in [0.4, 0.5) is 0 Å². The quantitative estimate of drug-likeness (QED) is 0.298. The van der Waals surface area contributed by atoms with E-state index in [1.165, 1.54) is 0 Å². The topological polar surface area (TPSA) is 119 Å². The Hall–Kier alpha value is -3.20. The number of carbonyl (C=O) groups excluding carboxylic acids is 2. The first-order valence-corrected chi connectivity index (χ1v) is 14.6. The minimum Gasteiger partial charge on any atom is -0.479 e. The van der Waals surface area contributed by atoms with Crippen molar-refractivity contribution < 1.29 is 24.6 Å². The van der Waals surface area contributed by atoms with Crippen LogP contribution in [-0.4, -0.2) is 56.9 Å². The number of carboxylic acids is 1. The summed E-state index contributed by atoms with van der Waals surface area (Å²) < 4.78 is 0. The molecule has 3 N–H and O–H groups in total. The highest BCUT2D eigenvalue weighted by Crippen LogP contribution is 2.48. The number of carboxylic acid groups (broad SMARTS) is 1. The van der Waals surface area contributed by atoms with E-state index >= 15 is 0 Å². The van der Waals surface area contributed by atoms with Crippen LogP contribution in [0.2, 0.25) is 10.0 Å². The normalized spacial score (nSPS) is 21.9. The Morgan fingerprint density at radius 2 is 1.76 bits per heavy atom. The molecule has 1 aliphatic heterocycles. The van der Waals surface area contributed by atoms with Gasteiger partial charge in [-0.1, -0.05) is 60.8 Å². The van der Waals surface area contributed by atoms with E-state index in [0.29, 0.717) is 52.1 Å². The number of amides is 2. The van der Waals surface area contributed by atoms with E-state index in [9.17, 15) is 19.5 Å². The maximum atomic E-state index is 14.2. The summed E-state index contributed by atoms with van der Waals surface area (Å²) in [7, 11) is 0. The lowest BCUT2D eigenvalue weighted by Crippen LogP contribution is -2.50. The highest BCUT2D eigenvalue weighted by Gasteiger charge is 2.51. The summed E-state index contributed by atoms with van der Waals surface area (Å²) in [5, 5.41) is 21.6. The summed E-state index contributed by atoms with van der Waals surface area (Å²) >= 11 is 12.6. The molecule has 2 aromatic carbocycles. The standard InChI is InChI=1S/C31H35Cl2N3O5/c1-4-5-25(20-6-8-21(9-7-20)28(38)34-17-26(37)30(40)41)36-29(39)27(22-14-23(32)16-24(33)15-22)35-31(36)12-10-19(11-13-31)18(2)3/h6-9,14-16,19,25-26,37H,2,4-5,10-13,17H2,1,3H3,(H,34,38)(H,40,41)/t19?,25-,26-,31?/m1/s1. The Bertz CT molecular complexity index is 1350. The number of carbonyl (C=O) groups is 3. The van der Waals surface area contributed by atoms with E-state index in [2.05, 4.69) is 18.8 Å². The smallest absolute Gasteiger partial charge is 0.334 e. The predicted molar refractivity (Wildman–Crippen MR) is 159 cm³/mol. The summed E-state index contributed by atoms with van der Waals surface area (Å²) in [5.74, 6) is -1.72. The first kappa shape index (κ1) is 30.8. The van der Waals surface area contributed by atoms with Gasteiger partial charge in [0.2, 0.25) is 0 Å². The van der Waals surface area contributed by atoms with Gasteiger partial charge < -0.3 is 20.4 Å². The highest BCUT2D eigenvalue weighted by atomic mass is 35.5. The molecule has 2 amide bonds. The van der Waals surface area contributed by atoms with E-state index in [1.807, 2.05) is 24.0 Å². The first-order chi connectivity index (χ1) is 19.5. The van der Waals surface area contributed by atoms with Crippen molar-refractivity contribution in [3.63, 3.8) is 0 Å². The summed E-state index contributed by atoms with van der Waals surface area (Å²) in [6.07, 6.45) is 2.94. The number of hydrogen-bond donors (Lipinski definition) is 3. The highest BCUT2D eigenvalue weighted by molar-refractivity contribution is 6.47. The monoisotopic (exact) mass is 599 g/mol. The lowest BCUT2D eigenvalue weighted by atomic mass is 9.78. The van der Waals surface area contributed by atoms with Crippen LogP contribution in [0, 0.1) is 5.92 Å². The second-order valence-electron chi connectivity index (χ2n) is 10.9. The van der Waals surface area contributed by atoms with Gasteiger partial charge in [-0.2, -0.15) is 0 Å².